The van der Waals surface area contributed by atoms with Gasteiger partial charge in [-0.1, -0.05) is 19.1 Å². The third-order valence-electron chi connectivity index (χ3n) is 4.48. The van der Waals surface area contributed by atoms with Crippen LogP contribution in [0.3, 0.4) is 0 Å². The number of pyridine rings is 1. The monoisotopic (exact) mass is 320 g/mol. The molecule has 3 rings (SSSR count). The van der Waals surface area contributed by atoms with Crippen molar-refractivity contribution < 1.29 is 13.5 Å². The van der Waals surface area contributed by atoms with E-state index < -0.39 is 10.0 Å². The second kappa shape index (κ2) is 5.95. The Balaban J connectivity index is 2.12. The van der Waals surface area contributed by atoms with Gasteiger partial charge in [-0.25, -0.2) is 8.42 Å². The molecule has 1 aliphatic heterocycles. The lowest BCUT2D eigenvalue weighted by molar-refractivity contribution is 0.113. The van der Waals surface area contributed by atoms with Crippen molar-refractivity contribution in [2.45, 2.75) is 30.7 Å². The highest BCUT2D eigenvalue weighted by Gasteiger charge is 2.37. The van der Waals surface area contributed by atoms with Gasteiger partial charge in [-0.05, 0) is 30.9 Å². The molecule has 6 heteroatoms. The Labute approximate surface area is 130 Å². The summed E-state index contributed by atoms with van der Waals surface area (Å²) in [5, 5.41) is 11.1. The quantitative estimate of drug-likeness (QED) is 0.939. The van der Waals surface area contributed by atoms with E-state index in [9.17, 15) is 13.5 Å². The average molecular weight is 320 g/mol. The first-order valence-corrected chi connectivity index (χ1v) is 8.95. The first kappa shape index (κ1) is 15.4. The van der Waals surface area contributed by atoms with Crippen LogP contribution in [0.1, 0.15) is 19.8 Å². The fourth-order valence-corrected chi connectivity index (χ4v) is 5.19. The van der Waals surface area contributed by atoms with Gasteiger partial charge in [-0.15, -0.1) is 0 Å². The Morgan fingerprint density at radius 1 is 1.36 bits per heavy atom. The van der Waals surface area contributed by atoms with E-state index in [0.717, 1.165) is 18.2 Å². The van der Waals surface area contributed by atoms with Crippen molar-refractivity contribution in [3.63, 3.8) is 0 Å². The molecule has 22 heavy (non-hydrogen) atoms. The Kier molecular flexibility index (Phi) is 4.16. The topological polar surface area (TPSA) is 70.5 Å². The van der Waals surface area contributed by atoms with E-state index >= 15 is 0 Å². The van der Waals surface area contributed by atoms with Crippen LogP contribution in [0.15, 0.2) is 41.6 Å². The summed E-state index contributed by atoms with van der Waals surface area (Å²) >= 11 is 0. The minimum atomic E-state index is -3.64. The van der Waals surface area contributed by atoms with Gasteiger partial charge in [-0.2, -0.15) is 4.31 Å². The number of nitrogens with zero attached hydrogens (tertiary/aromatic N) is 2. The Morgan fingerprint density at radius 3 is 2.95 bits per heavy atom. The summed E-state index contributed by atoms with van der Waals surface area (Å²) in [7, 11) is -3.64. The van der Waals surface area contributed by atoms with E-state index in [2.05, 4.69) is 4.98 Å². The zero-order chi connectivity index (χ0) is 15.7. The minimum absolute atomic E-state index is 0.146. The highest BCUT2D eigenvalue weighted by atomic mass is 32.2. The zero-order valence-corrected chi connectivity index (χ0v) is 13.3. The molecule has 1 aromatic heterocycles. The smallest absolute Gasteiger partial charge is 0.244 e. The maximum absolute atomic E-state index is 13.1. The molecule has 1 fully saturated rings. The van der Waals surface area contributed by atoms with Crippen LogP contribution >= 0.6 is 0 Å². The summed E-state index contributed by atoms with van der Waals surface area (Å²) in [6.45, 7) is 2.31. The van der Waals surface area contributed by atoms with Gasteiger partial charge in [0.1, 0.15) is 0 Å². The molecule has 1 N–H and O–H groups in total. The summed E-state index contributed by atoms with van der Waals surface area (Å²) in [6.07, 6.45) is 5.03. The first-order chi connectivity index (χ1) is 10.6. The van der Waals surface area contributed by atoms with E-state index in [1.807, 2.05) is 13.0 Å². The molecule has 2 aromatic rings. The van der Waals surface area contributed by atoms with Gasteiger partial charge < -0.3 is 5.11 Å². The van der Waals surface area contributed by atoms with Gasteiger partial charge in [-0.3, -0.25) is 4.98 Å². The molecular weight excluding hydrogens is 300 g/mol. The zero-order valence-electron chi connectivity index (χ0n) is 12.5. The summed E-state index contributed by atoms with van der Waals surface area (Å²) in [6, 6.07) is 6.59. The van der Waals surface area contributed by atoms with E-state index in [0.29, 0.717) is 16.8 Å². The largest absolute Gasteiger partial charge is 0.395 e. The Hall–Kier alpha value is -1.50. The van der Waals surface area contributed by atoms with Crippen molar-refractivity contribution in [2.75, 3.05) is 13.2 Å². The van der Waals surface area contributed by atoms with E-state index in [1.54, 1.807) is 30.6 Å². The minimum Gasteiger partial charge on any atom is -0.395 e. The third kappa shape index (κ3) is 2.51. The predicted molar refractivity (Wildman–Crippen MR) is 84.9 cm³/mol. The van der Waals surface area contributed by atoms with Gasteiger partial charge in [0.25, 0.3) is 0 Å². The summed E-state index contributed by atoms with van der Waals surface area (Å²) in [4.78, 5) is 4.33. The number of aliphatic hydroxyl groups is 1. The van der Waals surface area contributed by atoms with Crippen LogP contribution in [0.2, 0.25) is 0 Å². The average Bonchev–Trinajstić information content (AvgIpc) is 2.54. The molecule has 2 heterocycles. The van der Waals surface area contributed by atoms with Crippen LogP contribution in [0.25, 0.3) is 10.8 Å². The highest BCUT2D eigenvalue weighted by Crippen LogP contribution is 2.31. The van der Waals surface area contributed by atoms with Crippen LogP contribution in [0.5, 0.6) is 0 Å². The standard InChI is InChI=1S/C16H20N2O3S/c1-12-4-3-9-18(15(12)11-19)22(20,21)16-6-2-5-13-10-17-8-7-14(13)16/h2,5-8,10,12,15,19H,3-4,9,11H2,1H3. The molecular formula is C16H20N2O3S. The molecule has 1 aliphatic rings. The summed E-state index contributed by atoms with van der Waals surface area (Å²) < 4.78 is 27.7. The maximum Gasteiger partial charge on any atom is 0.244 e. The van der Waals surface area contributed by atoms with Crippen LogP contribution < -0.4 is 0 Å². The fourth-order valence-electron chi connectivity index (χ4n) is 3.22. The third-order valence-corrected chi connectivity index (χ3v) is 6.46. The second-order valence-electron chi connectivity index (χ2n) is 5.84. The van der Waals surface area contributed by atoms with Crippen molar-refractivity contribution in [3.05, 3.63) is 36.7 Å². The molecule has 0 bridgehead atoms. The number of hydrogen-bond donors (Lipinski definition) is 1. The Bertz CT molecular complexity index is 771. The molecule has 5 nitrogen and oxygen atoms in total. The molecule has 2 unspecified atom stereocenters. The van der Waals surface area contributed by atoms with Crippen LogP contribution in [-0.4, -0.2) is 42.0 Å². The van der Waals surface area contributed by atoms with E-state index in [1.165, 1.54) is 4.31 Å². The molecule has 1 aromatic carbocycles. The highest BCUT2D eigenvalue weighted by molar-refractivity contribution is 7.89. The number of aromatic nitrogens is 1. The number of rotatable bonds is 3. The number of fused-ring (bicyclic) bond motifs is 1. The van der Waals surface area contributed by atoms with Crippen molar-refractivity contribution in [1.82, 2.24) is 9.29 Å². The van der Waals surface area contributed by atoms with Crippen molar-refractivity contribution in [2.24, 2.45) is 5.92 Å². The SMILES string of the molecule is CC1CCCN(S(=O)(=O)c2cccc3cnccc23)C1CO. The number of hydrogen-bond acceptors (Lipinski definition) is 4. The molecule has 0 radical (unpaired) electrons. The number of sulfonamides is 1. The maximum atomic E-state index is 13.1. The van der Waals surface area contributed by atoms with Crippen LogP contribution in [0, 0.1) is 5.92 Å². The Morgan fingerprint density at radius 2 is 2.18 bits per heavy atom. The molecule has 0 spiro atoms. The van der Waals surface area contributed by atoms with Gasteiger partial charge in [0.2, 0.25) is 10.0 Å². The van der Waals surface area contributed by atoms with Gasteiger partial charge in [0.15, 0.2) is 0 Å². The summed E-state index contributed by atoms with van der Waals surface area (Å²) in [5.41, 5.74) is 0. The molecule has 0 amide bonds. The van der Waals surface area contributed by atoms with Crippen molar-refractivity contribution >= 4 is 20.8 Å². The molecule has 0 saturated carbocycles. The summed E-state index contributed by atoms with van der Waals surface area (Å²) in [5.74, 6) is 0.158. The number of aliphatic hydroxyl groups excluding tert-OH is 1. The number of piperidine rings is 1. The lowest BCUT2D eigenvalue weighted by Gasteiger charge is -2.38. The lowest BCUT2D eigenvalue weighted by atomic mass is 9.93. The van der Waals surface area contributed by atoms with E-state index in [4.69, 9.17) is 0 Å². The molecule has 0 aliphatic carbocycles. The van der Waals surface area contributed by atoms with E-state index in [-0.39, 0.29) is 18.6 Å². The molecule has 2 atom stereocenters. The molecule has 118 valence electrons. The van der Waals surface area contributed by atoms with Gasteiger partial charge in [0.05, 0.1) is 17.5 Å². The number of benzene rings is 1. The van der Waals surface area contributed by atoms with Gasteiger partial charge >= 0.3 is 0 Å². The van der Waals surface area contributed by atoms with Crippen LogP contribution in [0.4, 0.5) is 0 Å². The first-order valence-electron chi connectivity index (χ1n) is 7.51. The predicted octanol–water partition coefficient (Wildman–Crippen LogP) is 2.02. The van der Waals surface area contributed by atoms with Crippen molar-refractivity contribution in [3.8, 4) is 0 Å². The fraction of sp³-hybridized carbons (Fsp3) is 0.438. The normalized spacial score (nSPS) is 23.7. The molecule has 1 saturated heterocycles. The lowest BCUT2D eigenvalue weighted by Crippen LogP contribution is -2.49. The second-order valence-corrected chi connectivity index (χ2v) is 7.70. The van der Waals surface area contributed by atoms with Crippen molar-refractivity contribution in [1.29, 1.82) is 0 Å². The van der Waals surface area contributed by atoms with Crippen LogP contribution in [-0.2, 0) is 10.0 Å². The van der Waals surface area contributed by atoms with Gasteiger partial charge in [0, 0.05) is 29.7 Å².